The second-order valence-electron chi connectivity index (χ2n) is 3.82. The van der Waals surface area contributed by atoms with Gasteiger partial charge in [-0.15, -0.1) is 0 Å². The molecule has 1 atom stereocenters. The SMILES string of the molecule is [NH-]C(=O)C(CC(N)=O)(CC(C(=O)[O-])C(=O)[O-])S(=O)(=O)[O-].[Na+].[Na+].[Na+].[Na+]. The molecule has 0 radical (unpaired) electrons. The molecule has 0 aliphatic carbocycles. The third-order valence-corrected chi connectivity index (χ3v) is 3.91. The van der Waals surface area contributed by atoms with Gasteiger partial charge in [-0.1, -0.05) is 0 Å². The molecule has 0 aliphatic heterocycles. The molecule has 0 rings (SSSR count). The van der Waals surface area contributed by atoms with E-state index in [0.717, 1.165) is 0 Å². The number of amides is 2. The molecule has 0 aromatic carbocycles. The molecule has 0 saturated heterocycles. The van der Waals surface area contributed by atoms with Gasteiger partial charge >= 0.3 is 118 Å². The van der Waals surface area contributed by atoms with Crippen molar-refractivity contribution >= 4 is 33.9 Å². The molecule has 0 fully saturated rings. The predicted molar refractivity (Wildman–Crippen MR) is 53.7 cm³/mol. The zero-order valence-corrected chi connectivity index (χ0v) is 22.5. The van der Waals surface area contributed by atoms with Crippen LogP contribution in [0.4, 0.5) is 0 Å². The minimum absolute atomic E-state index is 0. The molecule has 0 saturated carbocycles. The van der Waals surface area contributed by atoms with Gasteiger partial charge in [0.2, 0.25) is 5.91 Å². The first kappa shape index (κ1) is 36.7. The Labute approximate surface area is 225 Å². The molecule has 0 heterocycles. The van der Waals surface area contributed by atoms with Gasteiger partial charge < -0.3 is 40.6 Å². The van der Waals surface area contributed by atoms with E-state index in [1.165, 1.54) is 0 Å². The molecular weight excluding hydrogens is 392 g/mol. The molecule has 0 aromatic rings. The summed E-state index contributed by atoms with van der Waals surface area (Å²) < 4.78 is 29.8. The van der Waals surface area contributed by atoms with Crippen LogP contribution in [0.1, 0.15) is 12.8 Å². The molecule has 2 amide bonds. The largest absolute Gasteiger partial charge is 1.00 e. The zero-order chi connectivity index (χ0) is 16.3. The van der Waals surface area contributed by atoms with Gasteiger partial charge in [0.15, 0.2) is 0 Å². The standard InChI is InChI=1S/C8H12N2O9S.4Na/c9-4(11)2-8(7(10)16,20(17,18)19)1-3(5(12)13)6(14)15;;;;/h3H,1-2H2,(H7,9,10,11,12,13,14,15,16,17,18,19);;;;/q;4*+1/p-4. The number of hydrogen-bond acceptors (Lipinski definition) is 9. The van der Waals surface area contributed by atoms with E-state index in [2.05, 4.69) is 5.73 Å². The maximum atomic E-state index is 11.1. The van der Waals surface area contributed by atoms with Gasteiger partial charge in [0.25, 0.3) is 0 Å². The van der Waals surface area contributed by atoms with Gasteiger partial charge in [-0.05, 0) is 6.42 Å². The Bertz CT molecular complexity index is 556. The van der Waals surface area contributed by atoms with Crippen LogP contribution in [0.5, 0.6) is 0 Å². The van der Waals surface area contributed by atoms with Crippen molar-refractivity contribution in [1.82, 2.24) is 0 Å². The van der Waals surface area contributed by atoms with E-state index in [0.29, 0.717) is 0 Å². The van der Waals surface area contributed by atoms with Gasteiger partial charge in [-0.25, -0.2) is 8.42 Å². The number of rotatable bonds is 8. The van der Waals surface area contributed by atoms with Crippen LogP contribution in [-0.4, -0.2) is 41.5 Å². The molecule has 0 bridgehead atoms. The van der Waals surface area contributed by atoms with E-state index in [1.807, 2.05) is 0 Å². The fraction of sp³-hybridized carbons (Fsp3) is 0.500. The molecule has 1 unspecified atom stereocenters. The van der Waals surface area contributed by atoms with Crippen molar-refractivity contribution in [3.8, 4) is 0 Å². The molecular formula is C8H8N2Na4O9S. The number of nitrogens with two attached hydrogens (primary N) is 1. The normalized spacial score (nSPS) is 12.1. The Kier molecular flexibility index (Phi) is 22.6. The van der Waals surface area contributed by atoms with E-state index < -0.39 is 57.4 Å². The van der Waals surface area contributed by atoms with Crippen LogP contribution in [0.25, 0.3) is 5.73 Å². The average molecular weight is 400 g/mol. The molecule has 11 nitrogen and oxygen atoms in total. The van der Waals surface area contributed by atoms with Gasteiger partial charge in [-0.2, -0.15) is 0 Å². The molecule has 0 spiro atoms. The van der Waals surface area contributed by atoms with Crippen molar-refractivity contribution in [2.75, 3.05) is 0 Å². The molecule has 16 heteroatoms. The van der Waals surface area contributed by atoms with Crippen LogP contribution in [-0.2, 0) is 29.3 Å². The summed E-state index contributed by atoms with van der Waals surface area (Å²) >= 11 is 0. The summed E-state index contributed by atoms with van der Waals surface area (Å²) in [5, 5.41) is 21.1. The molecule has 3 N–H and O–H groups in total. The van der Waals surface area contributed by atoms with Crippen LogP contribution < -0.4 is 134 Å². The Morgan fingerprint density at radius 3 is 1.50 bits per heavy atom. The quantitative estimate of drug-likeness (QED) is 0.232. The van der Waals surface area contributed by atoms with Crippen LogP contribution in [0.3, 0.4) is 0 Å². The molecule has 114 valence electrons. The van der Waals surface area contributed by atoms with E-state index in [4.69, 9.17) is 5.73 Å². The third-order valence-electron chi connectivity index (χ3n) is 2.46. The Balaban J connectivity index is -0.000000301. The molecule has 0 aliphatic rings. The second-order valence-corrected chi connectivity index (χ2v) is 5.51. The summed E-state index contributed by atoms with van der Waals surface area (Å²) in [5.41, 5.74) is 11.4. The summed E-state index contributed by atoms with van der Waals surface area (Å²) in [5.74, 6) is -11.0. The van der Waals surface area contributed by atoms with Crippen molar-refractivity contribution in [2.45, 2.75) is 17.6 Å². The summed E-state index contributed by atoms with van der Waals surface area (Å²) in [6.07, 6.45) is -3.22. The number of hydrogen-bond donors (Lipinski definition) is 1. The number of nitrogens with one attached hydrogen (secondary N) is 1. The predicted octanol–water partition coefficient (Wildman–Crippen LogP) is -16.8. The summed E-state index contributed by atoms with van der Waals surface area (Å²) in [4.78, 5) is 42.9. The van der Waals surface area contributed by atoms with Gasteiger partial charge in [0, 0.05) is 5.92 Å². The maximum Gasteiger partial charge on any atom is 1.00 e. The van der Waals surface area contributed by atoms with Crippen molar-refractivity contribution in [3.05, 3.63) is 5.73 Å². The van der Waals surface area contributed by atoms with Crippen molar-refractivity contribution in [2.24, 2.45) is 11.7 Å². The Morgan fingerprint density at radius 2 is 1.33 bits per heavy atom. The summed E-state index contributed by atoms with van der Waals surface area (Å²) in [6.45, 7) is 0. The van der Waals surface area contributed by atoms with Gasteiger partial charge in [-0.3, -0.25) is 4.79 Å². The van der Waals surface area contributed by atoms with E-state index >= 15 is 0 Å². The van der Waals surface area contributed by atoms with Crippen LogP contribution in [0, 0.1) is 5.92 Å². The summed E-state index contributed by atoms with van der Waals surface area (Å²) in [6, 6.07) is 0. The van der Waals surface area contributed by atoms with Gasteiger partial charge in [0.05, 0.1) is 24.3 Å². The third kappa shape index (κ3) is 10.2. The first-order chi connectivity index (χ1) is 8.85. The fourth-order valence-electron chi connectivity index (χ4n) is 1.42. The van der Waals surface area contributed by atoms with Crippen molar-refractivity contribution in [3.63, 3.8) is 0 Å². The van der Waals surface area contributed by atoms with Gasteiger partial charge in [0.1, 0.15) is 14.9 Å². The van der Waals surface area contributed by atoms with E-state index in [9.17, 15) is 42.4 Å². The number of carbonyl (C=O) groups is 4. The molecule has 24 heavy (non-hydrogen) atoms. The monoisotopic (exact) mass is 400 g/mol. The van der Waals surface area contributed by atoms with E-state index in [-0.39, 0.29) is 118 Å². The number of primary amides is 1. The molecule has 0 aromatic heterocycles. The topological polar surface area (TPSA) is 221 Å². The number of carboxylic acid groups (broad SMARTS) is 2. The van der Waals surface area contributed by atoms with Crippen LogP contribution in [0.15, 0.2) is 0 Å². The van der Waals surface area contributed by atoms with Crippen molar-refractivity contribution in [1.29, 1.82) is 0 Å². The maximum absolute atomic E-state index is 11.1. The second kappa shape index (κ2) is 14.8. The number of carboxylic acids is 2. The van der Waals surface area contributed by atoms with Crippen LogP contribution >= 0.6 is 0 Å². The average Bonchev–Trinajstić information content (AvgIpc) is 2.19. The van der Waals surface area contributed by atoms with E-state index in [1.54, 1.807) is 0 Å². The Hall–Kier alpha value is 1.79. The van der Waals surface area contributed by atoms with Crippen LogP contribution in [0.2, 0.25) is 0 Å². The number of aliphatic carboxylic acids is 2. The number of carbonyl (C=O) groups excluding carboxylic acids is 4. The minimum atomic E-state index is -5.75. The fourth-order valence-corrected chi connectivity index (χ4v) is 2.34. The zero-order valence-electron chi connectivity index (χ0n) is 13.7. The smallest absolute Gasteiger partial charge is 0.747 e. The first-order valence-electron chi connectivity index (χ1n) is 4.76. The van der Waals surface area contributed by atoms with Crippen molar-refractivity contribution < 1.29 is 161 Å². The first-order valence-corrected chi connectivity index (χ1v) is 6.17. The Morgan fingerprint density at radius 1 is 1.00 bits per heavy atom. The minimum Gasteiger partial charge on any atom is -0.747 e. The summed E-state index contributed by atoms with van der Waals surface area (Å²) in [7, 11) is -5.75.